The molecule has 24 heavy (non-hydrogen) atoms. The molecular formula is C20H20N4. The highest BCUT2D eigenvalue weighted by Gasteiger charge is 2.13. The second kappa shape index (κ2) is 6.32. The highest BCUT2D eigenvalue weighted by atomic mass is 15.0. The Kier molecular flexibility index (Phi) is 3.87. The quantitative estimate of drug-likeness (QED) is 0.592. The predicted molar refractivity (Wildman–Crippen MR) is 96.9 cm³/mol. The third-order valence-electron chi connectivity index (χ3n) is 4.34. The van der Waals surface area contributed by atoms with Crippen molar-refractivity contribution in [1.29, 1.82) is 0 Å². The van der Waals surface area contributed by atoms with Gasteiger partial charge in [-0.3, -0.25) is 0 Å². The van der Waals surface area contributed by atoms with Gasteiger partial charge >= 0.3 is 0 Å². The van der Waals surface area contributed by atoms with Crippen LogP contribution in [-0.4, -0.2) is 19.5 Å². The Morgan fingerprint density at radius 1 is 1.08 bits per heavy atom. The van der Waals surface area contributed by atoms with Crippen LogP contribution in [0.5, 0.6) is 0 Å². The average Bonchev–Trinajstić information content (AvgIpc) is 3.26. The minimum absolute atomic E-state index is 0.769. The smallest absolute Gasteiger partial charge is 0.177 e. The van der Waals surface area contributed by atoms with Gasteiger partial charge in [-0.25, -0.2) is 9.97 Å². The average molecular weight is 316 g/mol. The molecule has 1 N–H and O–H groups in total. The van der Waals surface area contributed by atoms with Gasteiger partial charge in [-0.1, -0.05) is 43.7 Å². The Morgan fingerprint density at radius 3 is 2.79 bits per heavy atom. The first-order valence-electron chi connectivity index (χ1n) is 8.36. The maximum Gasteiger partial charge on any atom is 0.177 e. The van der Waals surface area contributed by atoms with E-state index in [-0.39, 0.29) is 0 Å². The molecule has 4 rings (SSSR count). The SMILES string of the molecule is CCCc1ccn(Cc2c(-c3ccccc3)cnc3nc[nH]c23)c1. The molecule has 4 nitrogen and oxygen atoms in total. The molecule has 0 unspecified atom stereocenters. The van der Waals surface area contributed by atoms with Gasteiger partial charge in [0.05, 0.1) is 11.8 Å². The summed E-state index contributed by atoms with van der Waals surface area (Å²) < 4.78 is 2.24. The van der Waals surface area contributed by atoms with Crippen molar-refractivity contribution < 1.29 is 0 Å². The largest absolute Gasteiger partial charge is 0.350 e. The Morgan fingerprint density at radius 2 is 1.96 bits per heavy atom. The maximum atomic E-state index is 4.50. The number of nitrogens with zero attached hydrogens (tertiary/aromatic N) is 3. The van der Waals surface area contributed by atoms with E-state index >= 15 is 0 Å². The molecule has 120 valence electrons. The summed E-state index contributed by atoms with van der Waals surface area (Å²) in [5.74, 6) is 0. The third-order valence-corrected chi connectivity index (χ3v) is 4.34. The number of H-pyrrole nitrogens is 1. The fourth-order valence-electron chi connectivity index (χ4n) is 3.18. The lowest BCUT2D eigenvalue weighted by molar-refractivity contribution is 0.802. The van der Waals surface area contributed by atoms with Crippen LogP contribution in [0.3, 0.4) is 0 Å². The van der Waals surface area contributed by atoms with Crippen molar-refractivity contribution in [2.24, 2.45) is 0 Å². The molecule has 0 atom stereocenters. The first-order chi connectivity index (χ1) is 11.8. The Bertz CT molecular complexity index is 950. The van der Waals surface area contributed by atoms with Crippen LogP contribution in [0.4, 0.5) is 0 Å². The maximum absolute atomic E-state index is 4.50. The Balaban J connectivity index is 1.80. The van der Waals surface area contributed by atoms with Crippen LogP contribution >= 0.6 is 0 Å². The van der Waals surface area contributed by atoms with E-state index in [1.165, 1.54) is 23.1 Å². The predicted octanol–water partition coefficient (Wildman–Crippen LogP) is 4.43. The number of aromatic nitrogens is 4. The minimum Gasteiger partial charge on any atom is -0.350 e. The number of benzene rings is 1. The molecule has 0 fully saturated rings. The fourth-order valence-corrected chi connectivity index (χ4v) is 3.18. The molecule has 4 aromatic rings. The zero-order valence-corrected chi connectivity index (χ0v) is 13.7. The summed E-state index contributed by atoms with van der Waals surface area (Å²) >= 11 is 0. The van der Waals surface area contributed by atoms with Crippen LogP contribution in [0.25, 0.3) is 22.3 Å². The van der Waals surface area contributed by atoms with E-state index in [0.29, 0.717) is 0 Å². The number of fused-ring (bicyclic) bond motifs is 1. The van der Waals surface area contributed by atoms with Crippen molar-refractivity contribution >= 4 is 11.2 Å². The van der Waals surface area contributed by atoms with Gasteiger partial charge in [0.2, 0.25) is 0 Å². The molecule has 1 aromatic carbocycles. The molecule has 0 bridgehead atoms. The number of nitrogens with one attached hydrogen (secondary N) is 1. The van der Waals surface area contributed by atoms with Gasteiger partial charge in [-0.2, -0.15) is 0 Å². The van der Waals surface area contributed by atoms with Gasteiger partial charge in [0.15, 0.2) is 5.65 Å². The molecule has 0 aliphatic heterocycles. The zero-order chi connectivity index (χ0) is 16.4. The van der Waals surface area contributed by atoms with Gasteiger partial charge in [0.1, 0.15) is 0 Å². The van der Waals surface area contributed by atoms with Gasteiger partial charge in [-0.15, -0.1) is 0 Å². The normalized spacial score (nSPS) is 11.2. The van der Waals surface area contributed by atoms with E-state index in [9.17, 15) is 0 Å². The zero-order valence-electron chi connectivity index (χ0n) is 13.7. The highest BCUT2D eigenvalue weighted by Crippen LogP contribution is 2.28. The molecule has 0 saturated carbocycles. The van der Waals surface area contributed by atoms with Crippen molar-refractivity contribution in [2.75, 3.05) is 0 Å². The molecule has 3 aromatic heterocycles. The van der Waals surface area contributed by atoms with Crippen molar-refractivity contribution in [1.82, 2.24) is 19.5 Å². The monoisotopic (exact) mass is 316 g/mol. The summed E-state index contributed by atoms with van der Waals surface area (Å²) in [6, 6.07) is 12.6. The lowest BCUT2D eigenvalue weighted by Crippen LogP contribution is -2.01. The second-order valence-electron chi connectivity index (χ2n) is 6.06. The van der Waals surface area contributed by atoms with Crippen molar-refractivity contribution in [2.45, 2.75) is 26.3 Å². The minimum atomic E-state index is 0.769. The standard InChI is InChI=1S/C20H20N4/c1-2-6-15-9-10-24(12-15)13-18-17(16-7-4-3-5-8-16)11-21-20-19(18)22-14-23-20/h3-5,7-12,14H,2,6,13H2,1H3,(H,21,22,23). The molecule has 3 heterocycles. The number of aryl methyl sites for hydroxylation is 1. The van der Waals surface area contributed by atoms with Crippen LogP contribution in [0.1, 0.15) is 24.5 Å². The topological polar surface area (TPSA) is 46.5 Å². The van der Waals surface area contributed by atoms with Gasteiger partial charge in [0, 0.05) is 36.3 Å². The summed E-state index contributed by atoms with van der Waals surface area (Å²) in [7, 11) is 0. The van der Waals surface area contributed by atoms with E-state index in [1.54, 1.807) is 6.33 Å². The molecular weight excluding hydrogens is 296 g/mol. The van der Waals surface area contributed by atoms with E-state index in [4.69, 9.17) is 0 Å². The second-order valence-corrected chi connectivity index (χ2v) is 6.06. The van der Waals surface area contributed by atoms with Crippen LogP contribution in [0.15, 0.2) is 61.3 Å². The summed E-state index contributed by atoms with van der Waals surface area (Å²) in [4.78, 5) is 12.1. The van der Waals surface area contributed by atoms with Gasteiger partial charge in [-0.05, 0) is 23.6 Å². The summed E-state index contributed by atoms with van der Waals surface area (Å²) in [5.41, 5.74) is 6.72. The molecule has 0 saturated heterocycles. The lowest BCUT2D eigenvalue weighted by Gasteiger charge is -2.11. The summed E-state index contributed by atoms with van der Waals surface area (Å²) in [6.45, 7) is 3.01. The fraction of sp³-hybridized carbons (Fsp3) is 0.200. The van der Waals surface area contributed by atoms with Crippen LogP contribution < -0.4 is 0 Å². The number of imidazole rings is 1. The molecule has 0 amide bonds. The first-order valence-corrected chi connectivity index (χ1v) is 8.36. The number of rotatable bonds is 5. The molecule has 0 radical (unpaired) electrons. The molecule has 0 aliphatic rings. The Labute approximate surface area is 141 Å². The van der Waals surface area contributed by atoms with E-state index < -0.39 is 0 Å². The summed E-state index contributed by atoms with van der Waals surface area (Å²) in [5, 5.41) is 0. The number of aromatic amines is 1. The lowest BCUT2D eigenvalue weighted by atomic mass is 10.0. The van der Waals surface area contributed by atoms with Crippen molar-refractivity contribution in [3.63, 3.8) is 0 Å². The highest BCUT2D eigenvalue weighted by molar-refractivity contribution is 5.83. The molecule has 0 spiro atoms. The van der Waals surface area contributed by atoms with Crippen LogP contribution in [0.2, 0.25) is 0 Å². The third kappa shape index (κ3) is 2.71. The van der Waals surface area contributed by atoms with Gasteiger partial charge < -0.3 is 9.55 Å². The number of hydrogen-bond acceptors (Lipinski definition) is 2. The molecule has 0 aliphatic carbocycles. The first kappa shape index (κ1) is 14.7. The van der Waals surface area contributed by atoms with Crippen LogP contribution in [-0.2, 0) is 13.0 Å². The van der Waals surface area contributed by atoms with Gasteiger partial charge in [0.25, 0.3) is 0 Å². The molecule has 4 heteroatoms. The van der Waals surface area contributed by atoms with E-state index in [2.05, 4.69) is 69.2 Å². The van der Waals surface area contributed by atoms with E-state index in [0.717, 1.165) is 29.7 Å². The number of hydrogen-bond donors (Lipinski definition) is 1. The van der Waals surface area contributed by atoms with Crippen molar-refractivity contribution in [3.8, 4) is 11.1 Å². The Hall–Kier alpha value is -2.88. The van der Waals surface area contributed by atoms with Crippen LogP contribution in [0, 0.1) is 0 Å². The van der Waals surface area contributed by atoms with E-state index in [1.807, 2.05) is 12.3 Å². The number of pyridine rings is 1. The van der Waals surface area contributed by atoms with Crippen molar-refractivity contribution in [3.05, 3.63) is 72.4 Å². The summed E-state index contributed by atoms with van der Waals surface area (Å²) in [6.07, 6.45) is 10.3.